The molecule has 0 fully saturated rings. The third-order valence-corrected chi connectivity index (χ3v) is 6.40. The standard InChI is InChI=1S/C19H19F4N3O4S/c1-30-15-5-6-16(31(28,29)26-12-3-7-17(20)24-10-12)13-4-2-11(8-14(13)15)9-25-18(27)19(21,22)23/h3,5-7,10-11,26H,2,4,8-9H2,1H3,(H,25,27). The highest BCUT2D eigenvalue weighted by atomic mass is 32.2. The number of alkyl halides is 3. The number of sulfonamides is 1. The maximum atomic E-state index is 13.0. The minimum Gasteiger partial charge on any atom is -0.496 e. The normalized spacial score (nSPS) is 16.4. The van der Waals surface area contributed by atoms with Gasteiger partial charge in [0.05, 0.1) is 23.9 Å². The summed E-state index contributed by atoms with van der Waals surface area (Å²) in [7, 11) is -2.64. The van der Waals surface area contributed by atoms with Crippen molar-refractivity contribution in [1.82, 2.24) is 10.3 Å². The maximum absolute atomic E-state index is 13.0. The van der Waals surface area contributed by atoms with Crippen LogP contribution in [0, 0.1) is 11.9 Å². The van der Waals surface area contributed by atoms with E-state index >= 15 is 0 Å². The fourth-order valence-electron chi connectivity index (χ4n) is 3.49. The Balaban J connectivity index is 1.85. The van der Waals surface area contributed by atoms with Crippen LogP contribution in [0.4, 0.5) is 23.2 Å². The highest BCUT2D eigenvalue weighted by molar-refractivity contribution is 7.92. The van der Waals surface area contributed by atoms with Crippen LogP contribution in [0.2, 0.25) is 0 Å². The number of anilines is 1. The molecule has 7 nitrogen and oxygen atoms in total. The van der Waals surface area contributed by atoms with E-state index in [9.17, 15) is 30.8 Å². The lowest BCUT2D eigenvalue weighted by Gasteiger charge is -2.28. The fourth-order valence-corrected chi connectivity index (χ4v) is 4.83. The minimum atomic E-state index is -4.97. The minimum absolute atomic E-state index is 0.00889. The number of carbonyl (C=O) groups excluding carboxylic acids is 1. The summed E-state index contributed by atoms with van der Waals surface area (Å²) in [6.45, 7) is -0.197. The molecule has 31 heavy (non-hydrogen) atoms. The summed E-state index contributed by atoms with van der Waals surface area (Å²) >= 11 is 0. The van der Waals surface area contributed by atoms with Gasteiger partial charge in [-0.1, -0.05) is 0 Å². The van der Waals surface area contributed by atoms with E-state index in [-0.39, 0.29) is 35.9 Å². The first-order chi connectivity index (χ1) is 14.5. The van der Waals surface area contributed by atoms with E-state index in [1.807, 2.05) is 5.32 Å². The van der Waals surface area contributed by atoms with E-state index in [1.54, 1.807) is 0 Å². The first-order valence-corrected chi connectivity index (χ1v) is 10.7. The van der Waals surface area contributed by atoms with E-state index in [1.165, 1.54) is 25.3 Å². The quantitative estimate of drug-likeness (QED) is 0.509. The van der Waals surface area contributed by atoms with Crippen LogP contribution in [-0.2, 0) is 27.7 Å². The van der Waals surface area contributed by atoms with Crippen LogP contribution in [-0.4, -0.2) is 39.1 Å². The molecule has 1 unspecified atom stereocenters. The largest absolute Gasteiger partial charge is 0.496 e. The molecule has 1 atom stereocenters. The maximum Gasteiger partial charge on any atom is 0.471 e. The molecular weight excluding hydrogens is 442 g/mol. The molecule has 0 bridgehead atoms. The molecule has 0 saturated heterocycles. The first-order valence-electron chi connectivity index (χ1n) is 9.19. The number of halogens is 4. The Hall–Kier alpha value is -2.89. The predicted octanol–water partition coefficient (Wildman–Crippen LogP) is 2.81. The number of methoxy groups -OCH3 is 1. The average Bonchev–Trinajstić information content (AvgIpc) is 2.71. The van der Waals surface area contributed by atoms with Gasteiger partial charge in [-0.15, -0.1) is 0 Å². The van der Waals surface area contributed by atoms with Gasteiger partial charge in [-0.05, 0) is 60.6 Å². The Morgan fingerprint density at radius 1 is 1.23 bits per heavy atom. The number of aromatic nitrogens is 1. The predicted molar refractivity (Wildman–Crippen MR) is 103 cm³/mol. The number of carbonyl (C=O) groups is 1. The van der Waals surface area contributed by atoms with E-state index in [0.717, 1.165) is 12.3 Å². The van der Waals surface area contributed by atoms with Crippen molar-refractivity contribution in [1.29, 1.82) is 0 Å². The molecule has 1 amide bonds. The van der Waals surface area contributed by atoms with Crippen molar-refractivity contribution >= 4 is 21.6 Å². The lowest BCUT2D eigenvalue weighted by Crippen LogP contribution is -2.40. The lowest BCUT2D eigenvalue weighted by atomic mass is 9.83. The summed E-state index contributed by atoms with van der Waals surface area (Å²) < 4.78 is 83.7. The molecule has 1 aliphatic rings. The van der Waals surface area contributed by atoms with Gasteiger partial charge < -0.3 is 10.1 Å². The van der Waals surface area contributed by atoms with Crippen LogP contribution in [0.5, 0.6) is 5.75 Å². The highest BCUT2D eigenvalue weighted by Gasteiger charge is 2.39. The molecule has 1 heterocycles. The van der Waals surface area contributed by atoms with Crippen molar-refractivity contribution in [3.63, 3.8) is 0 Å². The number of benzene rings is 1. The van der Waals surface area contributed by atoms with Crippen molar-refractivity contribution in [2.75, 3.05) is 18.4 Å². The van der Waals surface area contributed by atoms with Gasteiger partial charge in [-0.3, -0.25) is 9.52 Å². The zero-order valence-electron chi connectivity index (χ0n) is 16.3. The Bertz CT molecular complexity index is 1070. The third-order valence-electron chi connectivity index (χ3n) is 4.94. The first kappa shape index (κ1) is 22.8. The molecule has 12 heteroatoms. The lowest BCUT2D eigenvalue weighted by molar-refractivity contribution is -0.173. The second-order valence-electron chi connectivity index (χ2n) is 7.01. The van der Waals surface area contributed by atoms with E-state index in [0.29, 0.717) is 23.3 Å². The van der Waals surface area contributed by atoms with Gasteiger partial charge in [-0.2, -0.15) is 17.6 Å². The Kier molecular flexibility index (Phi) is 6.39. The molecule has 0 radical (unpaired) electrons. The molecule has 0 spiro atoms. The van der Waals surface area contributed by atoms with Crippen molar-refractivity contribution < 1.29 is 35.5 Å². The van der Waals surface area contributed by atoms with Crippen LogP contribution < -0.4 is 14.8 Å². The number of nitrogens with zero attached hydrogens (tertiary/aromatic N) is 1. The van der Waals surface area contributed by atoms with Gasteiger partial charge >= 0.3 is 12.1 Å². The molecule has 1 aromatic carbocycles. The van der Waals surface area contributed by atoms with Crippen molar-refractivity contribution in [2.45, 2.75) is 30.3 Å². The van der Waals surface area contributed by atoms with Gasteiger partial charge in [0.25, 0.3) is 10.0 Å². The number of rotatable bonds is 6. The second-order valence-corrected chi connectivity index (χ2v) is 8.67. The average molecular weight is 461 g/mol. The van der Waals surface area contributed by atoms with Crippen LogP contribution in [0.15, 0.2) is 35.4 Å². The van der Waals surface area contributed by atoms with Gasteiger partial charge in [0.15, 0.2) is 0 Å². The number of fused-ring (bicyclic) bond motifs is 1. The van der Waals surface area contributed by atoms with Crippen LogP contribution >= 0.6 is 0 Å². The molecule has 1 aromatic heterocycles. The summed E-state index contributed by atoms with van der Waals surface area (Å²) in [5.74, 6) is -2.68. The SMILES string of the molecule is COc1ccc(S(=O)(=O)Nc2ccc(F)nc2)c2c1CC(CNC(=O)C(F)(F)F)CC2. The molecule has 1 aliphatic carbocycles. The third kappa shape index (κ3) is 5.24. The number of hydrogen-bond acceptors (Lipinski definition) is 5. The summed E-state index contributed by atoms with van der Waals surface area (Å²) in [5, 5.41) is 1.87. The van der Waals surface area contributed by atoms with E-state index in [2.05, 4.69) is 9.71 Å². The number of hydrogen-bond donors (Lipinski definition) is 2. The number of nitrogens with one attached hydrogen (secondary N) is 2. The van der Waals surface area contributed by atoms with Gasteiger partial charge in [-0.25, -0.2) is 13.4 Å². The van der Waals surface area contributed by atoms with Crippen LogP contribution in [0.3, 0.4) is 0 Å². The fraction of sp³-hybridized carbons (Fsp3) is 0.368. The van der Waals surface area contributed by atoms with Gasteiger partial charge in [0.2, 0.25) is 5.95 Å². The smallest absolute Gasteiger partial charge is 0.471 e. The van der Waals surface area contributed by atoms with Crippen molar-refractivity contribution in [3.05, 3.63) is 47.5 Å². The van der Waals surface area contributed by atoms with Crippen LogP contribution in [0.25, 0.3) is 0 Å². The zero-order valence-corrected chi connectivity index (χ0v) is 17.1. The Morgan fingerprint density at radius 2 is 1.97 bits per heavy atom. The van der Waals surface area contributed by atoms with Gasteiger partial charge in [0, 0.05) is 6.54 Å². The molecule has 168 valence electrons. The number of amides is 1. The summed E-state index contributed by atoms with van der Waals surface area (Å²) in [5.41, 5.74) is 1.12. The molecule has 0 aliphatic heterocycles. The van der Waals surface area contributed by atoms with Crippen molar-refractivity contribution in [2.24, 2.45) is 5.92 Å². The number of pyridine rings is 1. The second kappa shape index (κ2) is 8.69. The summed E-state index contributed by atoms with van der Waals surface area (Å²) in [6.07, 6.45) is -3.05. The Morgan fingerprint density at radius 3 is 2.58 bits per heavy atom. The molecular formula is C19H19F4N3O4S. The van der Waals surface area contributed by atoms with E-state index in [4.69, 9.17) is 4.74 Å². The Labute approximate surface area is 175 Å². The molecule has 3 rings (SSSR count). The highest BCUT2D eigenvalue weighted by Crippen LogP contribution is 2.37. The van der Waals surface area contributed by atoms with E-state index < -0.39 is 28.1 Å². The summed E-state index contributed by atoms with van der Waals surface area (Å²) in [6, 6.07) is 5.09. The molecule has 0 saturated carbocycles. The topological polar surface area (TPSA) is 97.4 Å². The van der Waals surface area contributed by atoms with Crippen molar-refractivity contribution in [3.8, 4) is 5.75 Å². The zero-order chi connectivity index (χ0) is 22.8. The van der Waals surface area contributed by atoms with Crippen LogP contribution in [0.1, 0.15) is 17.5 Å². The monoisotopic (exact) mass is 461 g/mol. The molecule has 2 aromatic rings. The molecule has 2 N–H and O–H groups in total. The summed E-state index contributed by atoms with van der Waals surface area (Å²) in [4.78, 5) is 14.5. The van der Waals surface area contributed by atoms with Gasteiger partial charge in [0.1, 0.15) is 5.75 Å². The number of ether oxygens (including phenoxy) is 1.